The molecule has 270 valence electrons. The van der Waals surface area contributed by atoms with Gasteiger partial charge in [-0.05, 0) is 0 Å². The van der Waals surface area contributed by atoms with E-state index < -0.39 is 98.1 Å². The van der Waals surface area contributed by atoms with E-state index in [4.69, 9.17) is 75.8 Å². The van der Waals surface area contributed by atoms with Crippen LogP contribution in [-0.4, -0.2) is 190 Å². The molecule has 3 saturated heterocycles. The molecule has 0 aromatic carbocycles. The van der Waals surface area contributed by atoms with Gasteiger partial charge in [-0.25, -0.2) is 4.79 Å². The molecular formula is C29H52O17. The van der Waals surface area contributed by atoms with Crippen molar-refractivity contribution in [3.63, 3.8) is 0 Å². The minimum atomic E-state index is -1.14. The smallest absolute Gasteiger partial charge is 0.337 e. The molecule has 3 heterocycles. The van der Waals surface area contributed by atoms with Gasteiger partial charge in [0.25, 0.3) is 0 Å². The second-order valence-corrected chi connectivity index (χ2v) is 10.7. The first-order chi connectivity index (χ1) is 22.3. The molecule has 3 rings (SSSR count). The maximum Gasteiger partial charge on any atom is 0.337 e. The van der Waals surface area contributed by atoms with Gasteiger partial charge < -0.3 is 75.8 Å². The highest BCUT2D eigenvalue weighted by Crippen LogP contribution is 2.33. The van der Waals surface area contributed by atoms with E-state index in [1.165, 1.54) is 56.9 Å². The first-order valence-electron chi connectivity index (χ1n) is 14.8. The molecule has 0 saturated carbocycles. The number of carbonyl (C=O) groups excluding carboxylic acids is 1. The van der Waals surface area contributed by atoms with Gasteiger partial charge in [0.1, 0.15) is 67.1 Å². The van der Waals surface area contributed by atoms with Gasteiger partial charge in [-0.15, -0.1) is 0 Å². The van der Waals surface area contributed by atoms with Gasteiger partial charge in [0, 0.05) is 71.1 Å². The summed E-state index contributed by atoms with van der Waals surface area (Å²) in [6.07, 6.45) is -11.2. The van der Waals surface area contributed by atoms with E-state index in [9.17, 15) is 4.79 Å². The number of carbonyl (C=O) groups is 1. The molecule has 0 aromatic heterocycles. The Morgan fingerprint density at radius 1 is 0.413 bits per heavy atom. The van der Waals surface area contributed by atoms with Gasteiger partial charge in [-0.2, -0.15) is 0 Å². The predicted molar refractivity (Wildman–Crippen MR) is 154 cm³/mol. The maximum absolute atomic E-state index is 12.6. The van der Waals surface area contributed by atoms with E-state index in [0.717, 1.165) is 0 Å². The summed E-state index contributed by atoms with van der Waals surface area (Å²) < 4.78 is 92.7. The number of ether oxygens (including phenoxy) is 16. The molecule has 3 fully saturated rings. The number of hydrogen-bond acceptors (Lipinski definition) is 17. The van der Waals surface area contributed by atoms with Crippen LogP contribution >= 0.6 is 0 Å². The average Bonchev–Trinajstić information content (AvgIpc) is 3.09. The van der Waals surface area contributed by atoms with Gasteiger partial charge in [0.15, 0.2) is 25.0 Å². The lowest BCUT2D eigenvalue weighted by molar-refractivity contribution is -0.348. The average molecular weight is 673 g/mol. The first-order valence-corrected chi connectivity index (χ1v) is 14.8. The zero-order valence-electron chi connectivity index (χ0n) is 28.5. The Morgan fingerprint density at radius 2 is 0.761 bits per heavy atom. The molecule has 15 atom stereocenters. The third kappa shape index (κ3) is 8.35. The molecule has 0 amide bonds. The molecule has 0 aromatic rings. The summed E-state index contributed by atoms with van der Waals surface area (Å²) in [7, 11) is 16.4. The number of esters is 1. The van der Waals surface area contributed by atoms with E-state index >= 15 is 0 Å². The summed E-state index contributed by atoms with van der Waals surface area (Å²) >= 11 is 0. The Balaban J connectivity index is 1.80. The van der Waals surface area contributed by atoms with Crippen molar-refractivity contribution in [3.05, 3.63) is 0 Å². The summed E-state index contributed by atoms with van der Waals surface area (Å²) in [5.41, 5.74) is 0. The van der Waals surface area contributed by atoms with Crippen LogP contribution < -0.4 is 0 Å². The molecule has 0 radical (unpaired) electrons. The monoisotopic (exact) mass is 672 g/mol. The lowest BCUT2D eigenvalue weighted by Gasteiger charge is -2.47. The van der Waals surface area contributed by atoms with Gasteiger partial charge >= 0.3 is 5.97 Å². The molecule has 17 nitrogen and oxygen atoms in total. The van der Waals surface area contributed by atoms with Crippen LogP contribution in [0.2, 0.25) is 0 Å². The topological polar surface area (TPSA) is 165 Å². The second kappa shape index (κ2) is 19.2. The summed E-state index contributed by atoms with van der Waals surface area (Å²) in [5.74, 6) is -0.654. The quantitative estimate of drug-likeness (QED) is 0.175. The first kappa shape index (κ1) is 39.3. The number of rotatable bonds is 17. The standard InChI is InChI=1S/C29H52O17/c1-31-16-14(44-27(41-11)23(37-7)18(16)33-3)12-42-28-24(38-8)19(34-4)17(32-2)15(45-28)13-43-29-25(39-9)21(36-6)20(35-5)22(46-29)26(30)40-10/h14-25,27-29H,12-13H2,1-11H3. The van der Waals surface area contributed by atoms with Crippen molar-refractivity contribution in [1.29, 1.82) is 0 Å². The molecule has 0 bridgehead atoms. The highest BCUT2D eigenvalue weighted by molar-refractivity contribution is 5.75. The van der Waals surface area contributed by atoms with Crippen LogP contribution in [0.5, 0.6) is 0 Å². The zero-order chi connectivity index (χ0) is 34.0. The van der Waals surface area contributed by atoms with Gasteiger partial charge in [0.05, 0.1) is 20.3 Å². The third-order valence-electron chi connectivity index (χ3n) is 8.64. The molecule has 3 aliphatic heterocycles. The van der Waals surface area contributed by atoms with Crippen LogP contribution in [-0.2, 0) is 80.6 Å². The van der Waals surface area contributed by atoms with E-state index in [-0.39, 0.29) is 13.2 Å². The van der Waals surface area contributed by atoms with Crippen molar-refractivity contribution in [2.45, 2.75) is 92.1 Å². The van der Waals surface area contributed by atoms with Gasteiger partial charge in [-0.1, -0.05) is 0 Å². The molecule has 0 N–H and O–H groups in total. The highest BCUT2D eigenvalue weighted by atomic mass is 16.8. The van der Waals surface area contributed by atoms with Crippen molar-refractivity contribution in [2.24, 2.45) is 0 Å². The third-order valence-corrected chi connectivity index (χ3v) is 8.64. The summed E-state index contributed by atoms with van der Waals surface area (Å²) in [6, 6.07) is 0. The minimum absolute atomic E-state index is 0.00701. The zero-order valence-corrected chi connectivity index (χ0v) is 28.5. The van der Waals surface area contributed by atoms with E-state index in [0.29, 0.717) is 0 Å². The lowest BCUT2D eigenvalue weighted by atomic mass is 9.97. The van der Waals surface area contributed by atoms with Crippen molar-refractivity contribution in [3.8, 4) is 0 Å². The van der Waals surface area contributed by atoms with Crippen LogP contribution in [0.3, 0.4) is 0 Å². The van der Waals surface area contributed by atoms with Gasteiger partial charge in [-0.3, -0.25) is 0 Å². The summed E-state index contributed by atoms with van der Waals surface area (Å²) in [5, 5.41) is 0. The summed E-state index contributed by atoms with van der Waals surface area (Å²) in [4.78, 5) is 12.6. The largest absolute Gasteiger partial charge is 0.467 e. The maximum atomic E-state index is 12.6. The Morgan fingerprint density at radius 3 is 1.13 bits per heavy atom. The SMILES string of the molecule is COC(=O)C1OC(OCC2OC(OCC3OC(OC)C(OC)C(OC)C3OC)C(OC)C(OC)C2OC)C(OC)C(OC)C1OC. The van der Waals surface area contributed by atoms with E-state index in [1.807, 2.05) is 0 Å². The van der Waals surface area contributed by atoms with Crippen LogP contribution in [0.4, 0.5) is 0 Å². The fourth-order valence-electron chi connectivity index (χ4n) is 6.36. The number of hydrogen-bond donors (Lipinski definition) is 0. The Labute approximate surface area is 270 Å². The van der Waals surface area contributed by atoms with Crippen molar-refractivity contribution in [2.75, 3.05) is 91.4 Å². The second-order valence-electron chi connectivity index (χ2n) is 10.7. The van der Waals surface area contributed by atoms with E-state index in [1.54, 1.807) is 21.3 Å². The van der Waals surface area contributed by atoms with Crippen LogP contribution in [0.25, 0.3) is 0 Å². The van der Waals surface area contributed by atoms with Crippen molar-refractivity contribution in [1.82, 2.24) is 0 Å². The predicted octanol–water partition coefficient (Wildman–Crippen LogP) is -0.851. The molecule has 0 aliphatic carbocycles. The molecule has 3 aliphatic rings. The summed E-state index contributed by atoms with van der Waals surface area (Å²) in [6.45, 7) is -0.0815. The highest BCUT2D eigenvalue weighted by Gasteiger charge is 2.53. The Hall–Kier alpha value is -1.13. The normalized spacial score (nSPS) is 41.8. The van der Waals surface area contributed by atoms with E-state index in [2.05, 4.69) is 0 Å². The Bertz CT molecular complexity index is 883. The minimum Gasteiger partial charge on any atom is -0.467 e. The fourth-order valence-corrected chi connectivity index (χ4v) is 6.36. The molecule has 0 spiro atoms. The fraction of sp³-hybridized carbons (Fsp3) is 0.966. The number of methoxy groups -OCH3 is 11. The molecule has 46 heavy (non-hydrogen) atoms. The van der Waals surface area contributed by atoms with Gasteiger partial charge in [0.2, 0.25) is 0 Å². The Kier molecular flexibility index (Phi) is 16.4. The van der Waals surface area contributed by atoms with Crippen molar-refractivity contribution >= 4 is 5.97 Å². The molecule has 17 heteroatoms. The van der Waals surface area contributed by atoms with Crippen LogP contribution in [0.1, 0.15) is 0 Å². The van der Waals surface area contributed by atoms with Crippen molar-refractivity contribution < 1.29 is 80.6 Å². The molecule has 15 unspecified atom stereocenters. The van der Waals surface area contributed by atoms with Crippen LogP contribution in [0, 0.1) is 0 Å². The lowest BCUT2D eigenvalue weighted by Crippen LogP contribution is -2.64. The van der Waals surface area contributed by atoms with Crippen LogP contribution in [0.15, 0.2) is 0 Å². The molecular weight excluding hydrogens is 620 g/mol.